The normalized spacial score (nSPS) is 12.6. The third-order valence-electron chi connectivity index (χ3n) is 2.42. The predicted octanol–water partition coefficient (Wildman–Crippen LogP) is 2.22. The first-order valence-electron chi connectivity index (χ1n) is 5.46. The average molecular weight is 216 g/mol. The standard InChI is InChI=1S/C13H16N2O/c1-10(9-14-2)16-12-7-3-5-11-6-4-8-15-13(11)12/h3-8,10,14H,9H2,1-2H3. The molecule has 3 nitrogen and oxygen atoms in total. The van der Waals surface area contributed by atoms with Gasteiger partial charge >= 0.3 is 0 Å². The van der Waals surface area contributed by atoms with Crippen molar-refractivity contribution in [3.8, 4) is 5.75 Å². The van der Waals surface area contributed by atoms with E-state index in [9.17, 15) is 0 Å². The number of aromatic nitrogens is 1. The highest BCUT2D eigenvalue weighted by molar-refractivity contribution is 5.84. The zero-order valence-electron chi connectivity index (χ0n) is 9.60. The van der Waals surface area contributed by atoms with Gasteiger partial charge in [0.2, 0.25) is 0 Å². The monoisotopic (exact) mass is 216 g/mol. The van der Waals surface area contributed by atoms with Gasteiger partial charge in [-0.05, 0) is 26.1 Å². The van der Waals surface area contributed by atoms with E-state index in [0.717, 1.165) is 23.2 Å². The van der Waals surface area contributed by atoms with Crippen LogP contribution in [-0.2, 0) is 0 Å². The number of pyridine rings is 1. The number of fused-ring (bicyclic) bond motifs is 1. The lowest BCUT2D eigenvalue weighted by molar-refractivity contribution is 0.223. The van der Waals surface area contributed by atoms with E-state index in [1.54, 1.807) is 6.20 Å². The first kappa shape index (κ1) is 10.9. The quantitative estimate of drug-likeness (QED) is 0.851. The summed E-state index contributed by atoms with van der Waals surface area (Å²) < 4.78 is 5.84. The lowest BCUT2D eigenvalue weighted by Crippen LogP contribution is -2.26. The van der Waals surface area contributed by atoms with E-state index in [1.165, 1.54) is 0 Å². The fourth-order valence-corrected chi connectivity index (χ4v) is 1.72. The molecule has 0 aliphatic carbocycles. The molecule has 2 rings (SSSR count). The second-order valence-electron chi connectivity index (χ2n) is 3.82. The maximum Gasteiger partial charge on any atom is 0.145 e. The van der Waals surface area contributed by atoms with Crippen LogP contribution < -0.4 is 10.1 Å². The van der Waals surface area contributed by atoms with Crippen molar-refractivity contribution in [2.24, 2.45) is 0 Å². The van der Waals surface area contributed by atoms with Crippen molar-refractivity contribution in [2.75, 3.05) is 13.6 Å². The smallest absolute Gasteiger partial charge is 0.145 e. The Bertz CT molecular complexity index is 465. The lowest BCUT2D eigenvalue weighted by Gasteiger charge is -2.15. The van der Waals surface area contributed by atoms with Crippen LogP contribution in [-0.4, -0.2) is 24.7 Å². The van der Waals surface area contributed by atoms with Crippen molar-refractivity contribution in [3.63, 3.8) is 0 Å². The van der Waals surface area contributed by atoms with Crippen LogP contribution in [0.3, 0.4) is 0 Å². The summed E-state index contributed by atoms with van der Waals surface area (Å²) in [6.45, 7) is 2.86. The molecule has 0 fully saturated rings. The second-order valence-corrected chi connectivity index (χ2v) is 3.82. The fourth-order valence-electron chi connectivity index (χ4n) is 1.72. The average Bonchev–Trinajstić information content (AvgIpc) is 2.30. The lowest BCUT2D eigenvalue weighted by atomic mass is 10.2. The molecule has 16 heavy (non-hydrogen) atoms. The molecule has 1 aromatic heterocycles. The van der Waals surface area contributed by atoms with Crippen molar-refractivity contribution >= 4 is 10.9 Å². The van der Waals surface area contributed by atoms with Crippen LogP contribution in [0.15, 0.2) is 36.5 Å². The molecule has 1 unspecified atom stereocenters. The summed E-state index contributed by atoms with van der Waals surface area (Å²) in [6, 6.07) is 9.96. The number of rotatable bonds is 4. The van der Waals surface area contributed by atoms with E-state index >= 15 is 0 Å². The van der Waals surface area contributed by atoms with Gasteiger partial charge in [-0.3, -0.25) is 4.98 Å². The summed E-state index contributed by atoms with van der Waals surface area (Å²) >= 11 is 0. The first-order valence-corrected chi connectivity index (χ1v) is 5.46. The van der Waals surface area contributed by atoms with Gasteiger partial charge in [-0.25, -0.2) is 0 Å². The van der Waals surface area contributed by atoms with Gasteiger partial charge in [0, 0.05) is 18.1 Å². The first-order chi connectivity index (χ1) is 7.81. The molecule has 0 bridgehead atoms. The van der Waals surface area contributed by atoms with Crippen molar-refractivity contribution in [2.45, 2.75) is 13.0 Å². The van der Waals surface area contributed by atoms with Crippen LogP contribution >= 0.6 is 0 Å². The molecule has 0 aliphatic heterocycles. The van der Waals surface area contributed by atoms with Gasteiger partial charge in [0.05, 0.1) is 0 Å². The largest absolute Gasteiger partial charge is 0.487 e. The molecule has 1 N–H and O–H groups in total. The van der Waals surface area contributed by atoms with Crippen LogP contribution in [0, 0.1) is 0 Å². The predicted molar refractivity (Wildman–Crippen MR) is 65.8 cm³/mol. The molecule has 0 aliphatic rings. The summed E-state index contributed by atoms with van der Waals surface area (Å²) in [5, 5.41) is 4.20. The summed E-state index contributed by atoms with van der Waals surface area (Å²) in [5.41, 5.74) is 0.924. The zero-order chi connectivity index (χ0) is 11.4. The zero-order valence-corrected chi connectivity index (χ0v) is 9.60. The van der Waals surface area contributed by atoms with Crippen molar-refractivity contribution in [1.82, 2.24) is 10.3 Å². The summed E-state index contributed by atoms with van der Waals surface area (Å²) in [5.74, 6) is 0.848. The molecular formula is C13H16N2O. The van der Waals surface area contributed by atoms with Crippen LogP contribution in [0.2, 0.25) is 0 Å². The van der Waals surface area contributed by atoms with Crippen molar-refractivity contribution in [3.05, 3.63) is 36.5 Å². The second kappa shape index (κ2) is 4.94. The van der Waals surface area contributed by atoms with E-state index in [4.69, 9.17) is 4.74 Å². The van der Waals surface area contributed by atoms with Gasteiger partial charge < -0.3 is 10.1 Å². The van der Waals surface area contributed by atoms with E-state index in [0.29, 0.717) is 0 Å². The molecule has 1 heterocycles. The Hall–Kier alpha value is -1.61. The Kier molecular flexibility index (Phi) is 3.37. The number of nitrogens with zero attached hydrogens (tertiary/aromatic N) is 1. The molecule has 2 aromatic rings. The van der Waals surface area contributed by atoms with Crippen LogP contribution in [0.5, 0.6) is 5.75 Å². The summed E-state index contributed by atoms with van der Waals surface area (Å²) in [4.78, 5) is 4.35. The minimum absolute atomic E-state index is 0.137. The molecule has 0 spiro atoms. The Morgan fingerprint density at radius 2 is 2.12 bits per heavy atom. The number of benzene rings is 1. The molecule has 3 heteroatoms. The number of nitrogens with one attached hydrogen (secondary N) is 1. The van der Waals surface area contributed by atoms with Crippen molar-refractivity contribution in [1.29, 1.82) is 0 Å². The number of hydrogen-bond donors (Lipinski definition) is 1. The van der Waals surface area contributed by atoms with Gasteiger partial charge in [0.15, 0.2) is 0 Å². The third-order valence-corrected chi connectivity index (χ3v) is 2.42. The number of ether oxygens (including phenoxy) is 1. The van der Waals surface area contributed by atoms with Gasteiger partial charge in [0.25, 0.3) is 0 Å². The van der Waals surface area contributed by atoms with E-state index in [1.807, 2.05) is 44.3 Å². The Balaban J connectivity index is 2.30. The Labute approximate surface area is 95.5 Å². The molecule has 1 aromatic carbocycles. The molecule has 0 radical (unpaired) electrons. The van der Waals surface area contributed by atoms with Gasteiger partial charge in [0.1, 0.15) is 17.4 Å². The fraction of sp³-hybridized carbons (Fsp3) is 0.308. The van der Waals surface area contributed by atoms with E-state index in [-0.39, 0.29) is 6.10 Å². The van der Waals surface area contributed by atoms with E-state index < -0.39 is 0 Å². The van der Waals surface area contributed by atoms with Gasteiger partial charge in [-0.2, -0.15) is 0 Å². The van der Waals surface area contributed by atoms with Crippen LogP contribution in [0.4, 0.5) is 0 Å². The van der Waals surface area contributed by atoms with Gasteiger partial charge in [-0.1, -0.05) is 18.2 Å². The van der Waals surface area contributed by atoms with Gasteiger partial charge in [-0.15, -0.1) is 0 Å². The van der Waals surface area contributed by atoms with E-state index in [2.05, 4.69) is 10.3 Å². The number of para-hydroxylation sites is 1. The number of hydrogen-bond acceptors (Lipinski definition) is 3. The minimum Gasteiger partial charge on any atom is -0.487 e. The molecule has 84 valence electrons. The third kappa shape index (κ3) is 2.31. The minimum atomic E-state index is 0.137. The SMILES string of the molecule is CNCC(C)Oc1cccc2cccnc12. The molecule has 1 atom stereocenters. The van der Waals surface area contributed by atoms with Crippen molar-refractivity contribution < 1.29 is 4.74 Å². The molecule has 0 saturated carbocycles. The topological polar surface area (TPSA) is 34.1 Å². The maximum atomic E-state index is 5.84. The Morgan fingerprint density at radius 1 is 1.31 bits per heavy atom. The summed E-state index contributed by atoms with van der Waals surface area (Å²) in [6.07, 6.45) is 1.93. The maximum absolute atomic E-state index is 5.84. The summed E-state index contributed by atoms with van der Waals surface area (Å²) in [7, 11) is 1.92. The highest BCUT2D eigenvalue weighted by Crippen LogP contribution is 2.23. The van der Waals surface area contributed by atoms with Crippen LogP contribution in [0.25, 0.3) is 10.9 Å². The Morgan fingerprint density at radius 3 is 2.94 bits per heavy atom. The highest BCUT2D eigenvalue weighted by atomic mass is 16.5. The molecular weight excluding hydrogens is 200 g/mol. The van der Waals surface area contributed by atoms with Crippen LogP contribution in [0.1, 0.15) is 6.92 Å². The highest BCUT2D eigenvalue weighted by Gasteiger charge is 2.06. The number of likely N-dealkylation sites (N-methyl/N-ethyl adjacent to an activating group) is 1. The molecule has 0 saturated heterocycles. The molecule has 0 amide bonds.